The van der Waals surface area contributed by atoms with E-state index in [0.29, 0.717) is 18.9 Å². The van der Waals surface area contributed by atoms with Crippen molar-refractivity contribution in [3.63, 3.8) is 0 Å². The standard InChI is InChI=1S/C13H20O2/c1-8(2)7-15-13-10(4)9(3)6-12(14)11(13)5/h8H,6-7H2,1-5H3. The monoisotopic (exact) mass is 208 g/mol. The third-order valence-electron chi connectivity index (χ3n) is 2.73. The second-order valence-electron chi connectivity index (χ2n) is 4.66. The van der Waals surface area contributed by atoms with E-state index in [1.54, 1.807) is 0 Å². The summed E-state index contributed by atoms with van der Waals surface area (Å²) < 4.78 is 5.71. The van der Waals surface area contributed by atoms with Gasteiger partial charge < -0.3 is 4.74 Å². The van der Waals surface area contributed by atoms with Gasteiger partial charge in [-0.15, -0.1) is 0 Å². The Hall–Kier alpha value is -1.05. The molecule has 0 fully saturated rings. The number of rotatable bonds is 3. The number of Topliss-reactive ketones (excluding diaryl/α,β-unsaturated/α-hetero) is 1. The molecule has 0 aliphatic heterocycles. The van der Waals surface area contributed by atoms with E-state index in [0.717, 1.165) is 22.5 Å². The van der Waals surface area contributed by atoms with E-state index in [-0.39, 0.29) is 5.78 Å². The molecule has 0 radical (unpaired) electrons. The minimum Gasteiger partial charge on any atom is -0.493 e. The molecule has 0 saturated carbocycles. The van der Waals surface area contributed by atoms with Crippen LogP contribution in [0.15, 0.2) is 22.5 Å². The molecule has 1 aliphatic carbocycles. The van der Waals surface area contributed by atoms with E-state index in [1.807, 2.05) is 20.8 Å². The summed E-state index contributed by atoms with van der Waals surface area (Å²) in [4.78, 5) is 11.6. The second kappa shape index (κ2) is 4.65. The molecule has 0 unspecified atom stereocenters. The summed E-state index contributed by atoms with van der Waals surface area (Å²) in [6.45, 7) is 10.8. The summed E-state index contributed by atoms with van der Waals surface area (Å²) in [7, 11) is 0. The third kappa shape index (κ3) is 2.71. The van der Waals surface area contributed by atoms with Crippen LogP contribution in [0.5, 0.6) is 0 Å². The lowest BCUT2D eigenvalue weighted by Gasteiger charge is -2.21. The first-order chi connectivity index (χ1) is 6.93. The van der Waals surface area contributed by atoms with Crippen molar-refractivity contribution in [1.29, 1.82) is 0 Å². The topological polar surface area (TPSA) is 26.3 Å². The van der Waals surface area contributed by atoms with Crippen LogP contribution in [-0.4, -0.2) is 12.4 Å². The van der Waals surface area contributed by atoms with Crippen molar-refractivity contribution in [2.75, 3.05) is 6.61 Å². The number of allylic oxidation sites excluding steroid dienone is 3. The first kappa shape index (κ1) is 12.0. The van der Waals surface area contributed by atoms with E-state index < -0.39 is 0 Å². The highest BCUT2D eigenvalue weighted by Gasteiger charge is 2.21. The van der Waals surface area contributed by atoms with Gasteiger partial charge in [-0.3, -0.25) is 4.79 Å². The minimum atomic E-state index is 0.192. The van der Waals surface area contributed by atoms with Gasteiger partial charge in [0.05, 0.1) is 6.61 Å². The summed E-state index contributed by atoms with van der Waals surface area (Å²) in [5.74, 6) is 1.48. The number of hydrogen-bond donors (Lipinski definition) is 0. The van der Waals surface area contributed by atoms with Gasteiger partial charge >= 0.3 is 0 Å². The predicted molar refractivity (Wildman–Crippen MR) is 61.5 cm³/mol. The SMILES string of the molecule is CC1=C(C)C(OCC(C)C)=C(C)C(=O)C1. The van der Waals surface area contributed by atoms with Gasteiger partial charge in [0, 0.05) is 12.0 Å². The molecule has 0 spiro atoms. The molecule has 0 aromatic rings. The molecule has 0 bridgehead atoms. The van der Waals surface area contributed by atoms with Gasteiger partial charge in [-0.25, -0.2) is 0 Å². The maximum Gasteiger partial charge on any atom is 0.166 e. The van der Waals surface area contributed by atoms with Gasteiger partial charge in [-0.1, -0.05) is 19.4 Å². The lowest BCUT2D eigenvalue weighted by Crippen LogP contribution is -2.15. The van der Waals surface area contributed by atoms with Crippen molar-refractivity contribution in [1.82, 2.24) is 0 Å². The van der Waals surface area contributed by atoms with E-state index in [2.05, 4.69) is 13.8 Å². The van der Waals surface area contributed by atoms with Crippen LogP contribution >= 0.6 is 0 Å². The molecule has 0 N–H and O–H groups in total. The molecule has 1 aliphatic rings. The zero-order chi connectivity index (χ0) is 11.6. The lowest BCUT2D eigenvalue weighted by molar-refractivity contribution is -0.115. The summed E-state index contributed by atoms with van der Waals surface area (Å²) in [6, 6.07) is 0. The Bertz CT molecular complexity index is 332. The molecular formula is C13H20O2. The quantitative estimate of drug-likeness (QED) is 0.711. The first-order valence-corrected chi connectivity index (χ1v) is 5.47. The number of ether oxygens (including phenoxy) is 1. The van der Waals surface area contributed by atoms with Crippen LogP contribution in [0.3, 0.4) is 0 Å². The molecule has 0 heterocycles. The van der Waals surface area contributed by atoms with E-state index in [4.69, 9.17) is 4.74 Å². The highest BCUT2D eigenvalue weighted by molar-refractivity contribution is 5.99. The molecule has 0 aromatic carbocycles. The van der Waals surface area contributed by atoms with Crippen molar-refractivity contribution in [2.24, 2.45) is 5.92 Å². The van der Waals surface area contributed by atoms with E-state index in [1.165, 1.54) is 0 Å². The molecule has 0 atom stereocenters. The van der Waals surface area contributed by atoms with Crippen LogP contribution in [0.25, 0.3) is 0 Å². The molecule has 0 saturated heterocycles. The van der Waals surface area contributed by atoms with E-state index in [9.17, 15) is 4.79 Å². The van der Waals surface area contributed by atoms with Crippen LogP contribution in [0.1, 0.15) is 41.0 Å². The maximum absolute atomic E-state index is 11.6. The average molecular weight is 208 g/mol. The number of carbonyl (C=O) groups excluding carboxylic acids is 1. The first-order valence-electron chi connectivity index (χ1n) is 5.47. The summed E-state index contributed by atoms with van der Waals surface area (Å²) in [6.07, 6.45) is 0.548. The second-order valence-corrected chi connectivity index (χ2v) is 4.66. The normalized spacial score (nSPS) is 17.9. The van der Waals surface area contributed by atoms with Crippen LogP contribution in [0, 0.1) is 5.92 Å². The fourth-order valence-electron chi connectivity index (χ4n) is 1.57. The summed E-state index contributed by atoms with van der Waals surface area (Å²) in [5, 5.41) is 0. The Morgan fingerprint density at radius 2 is 1.80 bits per heavy atom. The van der Waals surface area contributed by atoms with Crippen LogP contribution in [0.2, 0.25) is 0 Å². The van der Waals surface area contributed by atoms with Crippen molar-refractivity contribution >= 4 is 5.78 Å². The number of carbonyl (C=O) groups is 1. The molecule has 2 nitrogen and oxygen atoms in total. The smallest absolute Gasteiger partial charge is 0.166 e. The number of ketones is 1. The van der Waals surface area contributed by atoms with Crippen molar-refractivity contribution in [3.05, 3.63) is 22.5 Å². The molecule has 0 aromatic heterocycles. The lowest BCUT2D eigenvalue weighted by atomic mass is 9.92. The van der Waals surface area contributed by atoms with E-state index >= 15 is 0 Å². The fourth-order valence-corrected chi connectivity index (χ4v) is 1.57. The average Bonchev–Trinajstić information content (AvgIpc) is 2.14. The summed E-state index contributed by atoms with van der Waals surface area (Å²) >= 11 is 0. The summed E-state index contributed by atoms with van der Waals surface area (Å²) in [5.41, 5.74) is 3.04. The van der Waals surface area contributed by atoms with Crippen molar-refractivity contribution in [3.8, 4) is 0 Å². The van der Waals surface area contributed by atoms with Gasteiger partial charge in [0.25, 0.3) is 0 Å². The molecule has 2 heteroatoms. The third-order valence-corrected chi connectivity index (χ3v) is 2.73. The molecule has 1 rings (SSSR count). The molecule has 84 valence electrons. The van der Waals surface area contributed by atoms with Gasteiger partial charge in [0.15, 0.2) is 5.78 Å². The highest BCUT2D eigenvalue weighted by Crippen LogP contribution is 2.28. The van der Waals surface area contributed by atoms with Gasteiger partial charge in [-0.05, 0) is 32.3 Å². The predicted octanol–water partition coefficient (Wildman–Crippen LogP) is 3.24. The van der Waals surface area contributed by atoms with Gasteiger partial charge in [0.2, 0.25) is 0 Å². The van der Waals surface area contributed by atoms with Gasteiger partial charge in [0.1, 0.15) is 5.76 Å². The minimum absolute atomic E-state index is 0.192. The zero-order valence-corrected chi connectivity index (χ0v) is 10.3. The number of hydrogen-bond acceptors (Lipinski definition) is 2. The van der Waals surface area contributed by atoms with Gasteiger partial charge in [-0.2, -0.15) is 0 Å². The molecule has 0 amide bonds. The van der Waals surface area contributed by atoms with Crippen LogP contribution in [0.4, 0.5) is 0 Å². The maximum atomic E-state index is 11.6. The zero-order valence-electron chi connectivity index (χ0n) is 10.3. The Labute approximate surface area is 92.0 Å². The van der Waals surface area contributed by atoms with Crippen molar-refractivity contribution < 1.29 is 9.53 Å². The molecule has 15 heavy (non-hydrogen) atoms. The Morgan fingerprint density at radius 3 is 2.33 bits per heavy atom. The Morgan fingerprint density at radius 1 is 1.20 bits per heavy atom. The molecular weight excluding hydrogens is 188 g/mol. The highest BCUT2D eigenvalue weighted by atomic mass is 16.5. The van der Waals surface area contributed by atoms with Crippen molar-refractivity contribution in [2.45, 2.75) is 41.0 Å². The Balaban J connectivity index is 2.90. The van der Waals surface area contributed by atoms with Crippen LogP contribution < -0.4 is 0 Å². The fraction of sp³-hybridized carbons (Fsp3) is 0.615. The largest absolute Gasteiger partial charge is 0.493 e. The Kier molecular flexibility index (Phi) is 3.72. The van der Waals surface area contributed by atoms with Crippen LogP contribution in [-0.2, 0) is 9.53 Å².